The topological polar surface area (TPSA) is 22.1 Å². The average molecular weight is 416 g/mol. The normalized spacial score (nSPS) is 11.1. The van der Waals surface area contributed by atoms with Crippen LogP contribution in [0.2, 0.25) is 0 Å². The smallest absolute Gasteiger partial charge is 0.184 e. The molecule has 0 saturated carbocycles. The van der Waals surface area contributed by atoms with E-state index in [4.69, 9.17) is 4.74 Å². The number of hydrogen-bond acceptors (Lipinski definition) is 2. The SMILES string of the molecule is Brc1cnccc1OC(c1ccccc1)(c1ccccc1)c1ccccc1. The number of rotatable bonds is 5. The molecule has 4 rings (SSSR count). The Morgan fingerprint density at radius 1 is 0.630 bits per heavy atom. The number of hydrogen-bond donors (Lipinski definition) is 0. The van der Waals surface area contributed by atoms with Gasteiger partial charge in [-0.2, -0.15) is 0 Å². The maximum atomic E-state index is 6.80. The van der Waals surface area contributed by atoms with Crippen LogP contribution >= 0.6 is 15.9 Å². The summed E-state index contributed by atoms with van der Waals surface area (Å²) >= 11 is 3.58. The monoisotopic (exact) mass is 415 g/mol. The van der Waals surface area contributed by atoms with Gasteiger partial charge in [0.15, 0.2) is 5.60 Å². The van der Waals surface area contributed by atoms with Crippen molar-refractivity contribution in [3.8, 4) is 5.75 Å². The van der Waals surface area contributed by atoms with Crippen molar-refractivity contribution < 1.29 is 4.74 Å². The van der Waals surface area contributed by atoms with Crippen LogP contribution < -0.4 is 4.74 Å². The minimum atomic E-state index is -0.784. The summed E-state index contributed by atoms with van der Waals surface area (Å²) in [6.07, 6.45) is 3.49. The average Bonchev–Trinajstić information content (AvgIpc) is 2.75. The van der Waals surface area contributed by atoms with E-state index in [2.05, 4.69) is 57.3 Å². The Morgan fingerprint density at radius 3 is 1.48 bits per heavy atom. The van der Waals surface area contributed by atoms with Crippen molar-refractivity contribution in [3.05, 3.63) is 131 Å². The van der Waals surface area contributed by atoms with Crippen LogP contribution in [0, 0.1) is 0 Å². The van der Waals surface area contributed by atoms with Gasteiger partial charge in [0.25, 0.3) is 0 Å². The van der Waals surface area contributed by atoms with Gasteiger partial charge in [-0.3, -0.25) is 4.98 Å². The van der Waals surface area contributed by atoms with Crippen molar-refractivity contribution in [1.29, 1.82) is 0 Å². The maximum absolute atomic E-state index is 6.80. The summed E-state index contributed by atoms with van der Waals surface area (Å²) in [4.78, 5) is 4.17. The van der Waals surface area contributed by atoms with Gasteiger partial charge in [0.05, 0.1) is 4.47 Å². The van der Waals surface area contributed by atoms with E-state index in [9.17, 15) is 0 Å². The van der Waals surface area contributed by atoms with Gasteiger partial charge in [-0.05, 0) is 22.0 Å². The third kappa shape index (κ3) is 3.38. The lowest BCUT2D eigenvalue weighted by Crippen LogP contribution is -2.36. The molecule has 27 heavy (non-hydrogen) atoms. The Hall–Kier alpha value is -2.91. The molecule has 0 aliphatic heterocycles. The van der Waals surface area contributed by atoms with Gasteiger partial charge in [-0.15, -0.1) is 0 Å². The lowest BCUT2D eigenvalue weighted by atomic mass is 9.80. The maximum Gasteiger partial charge on any atom is 0.184 e. The first-order valence-corrected chi connectivity index (χ1v) is 9.55. The molecule has 0 fully saturated rings. The van der Waals surface area contributed by atoms with E-state index in [0.29, 0.717) is 0 Å². The second-order valence-electron chi connectivity index (χ2n) is 6.19. The summed E-state index contributed by atoms with van der Waals surface area (Å²) in [6.45, 7) is 0. The molecule has 1 aromatic heterocycles. The second-order valence-corrected chi connectivity index (χ2v) is 7.04. The molecule has 2 nitrogen and oxygen atoms in total. The summed E-state index contributed by atoms with van der Waals surface area (Å²) in [6, 6.07) is 32.8. The lowest BCUT2D eigenvalue weighted by Gasteiger charge is -2.36. The summed E-state index contributed by atoms with van der Waals surface area (Å²) in [5.41, 5.74) is 2.40. The van der Waals surface area contributed by atoms with Crippen molar-refractivity contribution >= 4 is 15.9 Å². The number of aromatic nitrogens is 1. The van der Waals surface area contributed by atoms with Crippen molar-refractivity contribution in [1.82, 2.24) is 4.98 Å². The van der Waals surface area contributed by atoms with E-state index < -0.39 is 5.60 Å². The van der Waals surface area contributed by atoms with Gasteiger partial charge in [0.2, 0.25) is 0 Å². The fraction of sp³-hybridized carbons (Fsp3) is 0.0417. The molecule has 0 aliphatic carbocycles. The number of ether oxygens (including phenoxy) is 1. The molecule has 0 aliphatic rings. The Bertz CT molecular complexity index is 907. The summed E-state index contributed by atoms with van der Waals surface area (Å²) in [5.74, 6) is 0.738. The Labute approximate surface area is 167 Å². The summed E-state index contributed by atoms with van der Waals surface area (Å²) < 4.78 is 7.62. The predicted octanol–water partition coefficient (Wildman–Crippen LogP) is 6.22. The molecular weight excluding hydrogens is 398 g/mol. The minimum Gasteiger partial charge on any atom is -0.472 e. The molecule has 0 radical (unpaired) electrons. The molecule has 132 valence electrons. The van der Waals surface area contributed by atoms with Crippen molar-refractivity contribution in [2.75, 3.05) is 0 Å². The first-order valence-electron chi connectivity index (χ1n) is 8.76. The molecule has 0 saturated heterocycles. The molecule has 4 aromatic rings. The number of pyridine rings is 1. The quantitative estimate of drug-likeness (QED) is 0.361. The molecule has 1 heterocycles. The van der Waals surface area contributed by atoms with Crippen LogP contribution in [0.4, 0.5) is 0 Å². The van der Waals surface area contributed by atoms with Gasteiger partial charge >= 0.3 is 0 Å². The van der Waals surface area contributed by atoms with Crippen molar-refractivity contribution in [3.63, 3.8) is 0 Å². The molecule has 3 heteroatoms. The number of halogens is 1. The zero-order chi connectivity index (χ0) is 18.5. The lowest BCUT2D eigenvalue weighted by molar-refractivity contribution is 0.154. The molecule has 0 amide bonds. The first kappa shape index (κ1) is 17.5. The zero-order valence-corrected chi connectivity index (χ0v) is 16.2. The van der Waals surface area contributed by atoms with Crippen LogP contribution in [-0.4, -0.2) is 4.98 Å². The van der Waals surface area contributed by atoms with Crippen LogP contribution in [-0.2, 0) is 5.60 Å². The summed E-state index contributed by atoms with van der Waals surface area (Å²) in [5, 5.41) is 0. The Kier molecular flexibility index (Phi) is 5.03. The van der Waals surface area contributed by atoms with E-state index in [1.807, 2.05) is 60.7 Å². The van der Waals surface area contributed by atoms with Crippen molar-refractivity contribution in [2.45, 2.75) is 5.60 Å². The number of benzene rings is 3. The highest BCUT2D eigenvalue weighted by Crippen LogP contribution is 2.42. The molecule has 3 aromatic carbocycles. The molecule has 0 N–H and O–H groups in total. The fourth-order valence-corrected chi connectivity index (χ4v) is 3.64. The largest absolute Gasteiger partial charge is 0.472 e. The van der Waals surface area contributed by atoms with Crippen LogP contribution in [0.3, 0.4) is 0 Å². The van der Waals surface area contributed by atoms with E-state index in [0.717, 1.165) is 26.9 Å². The first-order chi connectivity index (χ1) is 13.3. The van der Waals surface area contributed by atoms with E-state index in [-0.39, 0.29) is 0 Å². The standard InChI is InChI=1S/C24H18BrNO/c25-22-18-26-17-16-23(22)27-24(19-10-4-1-5-11-19,20-12-6-2-7-13-20)21-14-8-3-9-15-21/h1-18H. The molecular formula is C24H18BrNO. The minimum absolute atomic E-state index is 0.738. The van der Waals surface area contributed by atoms with Crippen LogP contribution in [0.1, 0.15) is 16.7 Å². The second kappa shape index (κ2) is 7.77. The van der Waals surface area contributed by atoms with Gasteiger partial charge < -0.3 is 4.74 Å². The van der Waals surface area contributed by atoms with E-state index >= 15 is 0 Å². The van der Waals surface area contributed by atoms with Gasteiger partial charge in [0, 0.05) is 29.1 Å². The van der Waals surface area contributed by atoms with E-state index in [1.165, 1.54) is 0 Å². The third-order valence-electron chi connectivity index (χ3n) is 4.54. The molecule has 0 spiro atoms. The highest BCUT2D eigenvalue weighted by molar-refractivity contribution is 9.10. The Morgan fingerprint density at radius 2 is 1.07 bits per heavy atom. The molecule has 0 atom stereocenters. The zero-order valence-electron chi connectivity index (χ0n) is 14.6. The Balaban J connectivity index is 2.02. The summed E-state index contributed by atoms with van der Waals surface area (Å²) in [7, 11) is 0. The van der Waals surface area contributed by atoms with Gasteiger partial charge in [-0.1, -0.05) is 91.0 Å². The van der Waals surface area contributed by atoms with Gasteiger partial charge in [-0.25, -0.2) is 0 Å². The van der Waals surface area contributed by atoms with Gasteiger partial charge in [0.1, 0.15) is 5.75 Å². The van der Waals surface area contributed by atoms with Crippen LogP contribution in [0.15, 0.2) is 114 Å². The predicted molar refractivity (Wildman–Crippen MR) is 112 cm³/mol. The van der Waals surface area contributed by atoms with Crippen LogP contribution in [0.25, 0.3) is 0 Å². The molecule has 0 unspecified atom stereocenters. The fourth-order valence-electron chi connectivity index (χ4n) is 3.31. The third-order valence-corrected chi connectivity index (χ3v) is 5.13. The number of nitrogens with zero attached hydrogens (tertiary/aromatic N) is 1. The highest BCUT2D eigenvalue weighted by Gasteiger charge is 2.39. The highest BCUT2D eigenvalue weighted by atomic mass is 79.9. The van der Waals surface area contributed by atoms with E-state index in [1.54, 1.807) is 12.4 Å². The molecule has 0 bridgehead atoms. The van der Waals surface area contributed by atoms with Crippen LogP contribution in [0.5, 0.6) is 5.75 Å². The van der Waals surface area contributed by atoms with Crippen molar-refractivity contribution in [2.24, 2.45) is 0 Å².